The molecule has 0 saturated carbocycles. The minimum atomic E-state index is -0.428. The van der Waals surface area contributed by atoms with Crippen LogP contribution in [0.4, 0.5) is 4.39 Å². The van der Waals surface area contributed by atoms with Crippen LogP contribution >= 0.6 is 0 Å². The average molecular weight is 203 g/mol. The average Bonchev–Trinajstić information content (AvgIpc) is 2.18. The van der Waals surface area contributed by atoms with E-state index in [2.05, 4.69) is 0 Å². The number of alkyl halides is 1. The third kappa shape index (κ3) is 2.92. The molecule has 2 N–H and O–H groups in total. The summed E-state index contributed by atoms with van der Waals surface area (Å²) >= 11 is 0. The van der Waals surface area contributed by atoms with E-state index in [0.717, 1.165) is 13.1 Å². The van der Waals surface area contributed by atoms with E-state index in [4.69, 9.17) is 5.73 Å². The zero-order chi connectivity index (χ0) is 10.6. The van der Waals surface area contributed by atoms with E-state index in [1.54, 1.807) is 11.8 Å². The molecule has 1 rings (SSSR count). The predicted molar refractivity (Wildman–Crippen MR) is 52.6 cm³/mol. The van der Waals surface area contributed by atoms with Crippen LogP contribution in [-0.2, 0) is 4.79 Å². The fourth-order valence-corrected chi connectivity index (χ4v) is 1.60. The van der Waals surface area contributed by atoms with Gasteiger partial charge in [0.05, 0.1) is 6.04 Å². The standard InChI is InChI=1S/C9H18FN3O/c1-8(11)9(14)13-6-4-12(3-2-10)5-7-13/h8H,2-7,11H2,1H3/t8-/m1/s1. The first kappa shape index (κ1) is 11.4. The predicted octanol–water partition coefficient (Wildman–Crippen LogP) is -0.553. The Balaban J connectivity index is 2.32. The highest BCUT2D eigenvalue weighted by Crippen LogP contribution is 2.02. The summed E-state index contributed by atoms with van der Waals surface area (Å²) in [6.07, 6.45) is 0. The van der Waals surface area contributed by atoms with Crippen LogP contribution in [0.5, 0.6) is 0 Å². The van der Waals surface area contributed by atoms with Crippen molar-refractivity contribution in [2.75, 3.05) is 39.4 Å². The number of carbonyl (C=O) groups is 1. The van der Waals surface area contributed by atoms with Crippen LogP contribution in [0.25, 0.3) is 0 Å². The highest BCUT2D eigenvalue weighted by molar-refractivity contribution is 5.81. The monoisotopic (exact) mass is 203 g/mol. The van der Waals surface area contributed by atoms with Crippen molar-refractivity contribution >= 4 is 5.91 Å². The molecular weight excluding hydrogens is 185 g/mol. The number of carbonyl (C=O) groups excluding carboxylic acids is 1. The van der Waals surface area contributed by atoms with E-state index in [9.17, 15) is 9.18 Å². The van der Waals surface area contributed by atoms with Crippen molar-refractivity contribution in [3.05, 3.63) is 0 Å². The number of halogens is 1. The molecule has 14 heavy (non-hydrogen) atoms. The molecule has 0 aromatic rings. The first-order chi connectivity index (χ1) is 6.65. The van der Waals surface area contributed by atoms with E-state index < -0.39 is 6.04 Å². The molecule has 82 valence electrons. The van der Waals surface area contributed by atoms with E-state index >= 15 is 0 Å². The summed E-state index contributed by atoms with van der Waals surface area (Å²) in [5, 5.41) is 0. The van der Waals surface area contributed by atoms with Crippen molar-refractivity contribution in [3.63, 3.8) is 0 Å². The third-order valence-electron chi connectivity index (χ3n) is 2.47. The first-order valence-electron chi connectivity index (χ1n) is 4.98. The molecule has 0 aromatic heterocycles. The van der Waals surface area contributed by atoms with Crippen LogP contribution in [0.1, 0.15) is 6.92 Å². The van der Waals surface area contributed by atoms with Gasteiger partial charge in [-0.05, 0) is 6.92 Å². The van der Waals surface area contributed by atoms with Gasteiger partial charge in [0.2, 0.25) is 5.91 Å². The van der Waals surface area contributed by atoms with Crippen LogP contribution in [0.15, 0.2) is 0 Å². The second-order valence-corrected chi connectivity index (χ2v) is 3.64. The number of hydrogen-bond acceptors (Lipinski definition) is 3. The van der Waals surface area contributed by atoms with Crippen molar-refractivity contribution in [2.24, 2.45) is 5.73 Å². The quantitative estimate of drug-likeness (QED) is 0.669. The zero-order valence-corrected chi connectivity index (χ0v) is 8.58. The lowest BCUT2D eigenvalue weighted by Crippen LogP contribution is -2.52. The number of amides is 1. The number of piperazine rings is 1. The summed E-state index contributed by atoms with van der Waals surface area (Å²) in [4.78, 5) is 15.2. The molecule has 1 atom stereocenters. The van der Waals surface area contributed by atoms with Crippen LogP contribution in [0.3, 0.4) is 0 Å². The van der Waals surface area contributed by atoms with Crippen molar-refractivity contribution in [1.29, 1.82) is 0 Å². The zero-order valence-electron chi connectivity index (χ0n) is 8.58. The maximum absolute atomic E-state index is 12.0. The fraction of sp³-hybridized carbons (Fsp3) is 0.889. The van der Waals surface area contributed by atoms with Crippen LogP contribution < -0.4 is 5.73 Å². The van der Waals surface area contributed by atoms with Gasteiger partial charge in [-0.25, -0.2) is 4.39 Å². The van der Waals surface area contributed by atoms with Gasteiger partial charge in [0.25, 0.3) is 0 Å². The minimum Gasteiger partial charge on any atom is -0.339 e. The third-order valence-corrected chi connectivity index (χ3v) is 2.47. The van der Waals surface area contributed by atoms with Crippen LogP contribution in [0, 0.1) is 0 Å². The molecule has 0 unspecified atom stereocenters. The second kappa shape index (κ2) is 5.26. The molecule has 0 aromatic carbocycles. The van der Waals surface area contributed by atoms with Crippen molar-refractivity contribution in [2.45, 2.75) is 13.0 Å². The molecule has 0 bridgehead atoms. The summed E-state index contributed by atoms with van der Waals surface area (Å²) in [6.45, 7) is 4.68. The normalized spacial score (nSPS) is 20.9. The number of rotatable bonds is 3. The SMILES string of the molecule is C[C@@H](N)C(=O)N1CCN(CCF)CC1. The van der Waals surface area contributed by atoms with E-state index in [-0.39, 0.29) is 12.6 Å². The number of nitrogens with zero attached hydrogens (tertiary/aromatic N) is 2. The Morgan fingerprint density at radius 2 is 2.00 bits per heavy atom. The summed E-state index contributed by atoms with van der Waals surface area (Å²) < 4.78 is 12.0. The topological polar surface area (TPSA) is 49.6 Å². The fourth-order valence-electron chi connectivity index (χ4n) is 1.60. The van der Waals surface area contributed by atoms with Gasteiger partial charge in [-0.3, -0.25) is 9.69 Å². The Morgan fingerprint density at radius 3 is 2.43 bits per heavy atom. The molecule has 1 aliphatic heterocycles. The highest BCUT2D eigenvalue weighted by Gasteiger charge is 2.22. The van der Waals surface area contributed by atoms with Gasteiger partial charge >= 0.3 is 0 Å². The van der Waals surface area contributed by atoms with E-state index in [0.29, 0.717) is 19.6 Å². The second-order valence-electron chi connectivity index (χ2n) is 3.64. The molecule has 1 amide bonds. The molecule has 5 heteroatoms. The summed E-state index contributed by atoms with van der Waals surface area (Å²) in [7, 11) is 0. The number of hydrogen-bond donors (Lipinski definition) is 1. The molecule has 0 aliphatic carbocycles. The Hall–Kier alpha value is -0.680. The van der Waals surface area contributed by atoms with E-state index in [1.165, 1.54) is 0 Å². The maximum Gasteiger partial charge on any atom is 0.239 e. The maximum atomic E-state index is 12.0. The van der Waals surface area contributed by atoms with Gasteiger partial charge in [-0.2, -0.15) is 0 Å². The van der Waals surface area contributed by atoms with Crippen LogP contribution in [-0.4, -0.2) is 61.1 Å². The molecule has 0 radical (unpaired) electrons. The lowest BCUT2D eigenvalue weighted by Gasteiger charge is -2.34. The first-order valence-corrected chi connectivity index (χ1v) is 4.98. The Labute approximate surface area is 83.8 Å². The van der Waals surface area contributed by atoms with Crippen LogP contribution in [0.2, 0.25) is 0 Å². The van der Waals surface area contributed by atoms with Crippen molar-refractivity contribution < 1.29 is 9.18 Å². The van der Waals surface area contributed by atoms with Gasteiger partial charge in [-0.15, -0.1) is 0 Å². The van der Waals surface area contributed by atoms with Gasteiger partial charge in [-0.1, -0.05) is 0 Å². The largest absolute Gasteiger partial charge is 0.339 e. The smallest absolute Gasteiger partial charge is 0.239 e. The molecular formula is C9H18FN3O. The minimum absolute atomic E-state index is 0.00935. The van der Waals surface area contributed by atoms with Gasteiger partial charge < -0.3 is 10.6 Å². The molecule has 0 spiro atoms. The molecule has 1 fully saturated rings. The Morgan fingerprint density at radius 1 is 1.43 bits per heavy atom. The molecule has 1 heterocycles. The summed E-state index contributed by atoms with van der Waals surface area (Å²) in [6, 6.07) is -0.428. The van der Waals surface area contributed by atoms with Gasteiger partial charge in [0.1, 0.15) is 6.67 Å². The number of nitrogens with two attached hydrogens (primary N) is 1. The lowest BCUT2D eigenvalue weighted by atomic mass is 10.2. The van der Waals surface area contributed by atoms with E-state index in [1.807, 2.05) is 4.90 Å². The van der Waals surface area contributed by atoms with Gasteiger partial charge in [0, 0.05) is 32.7 Å². The van der Waals surface area contributed by atoms with Crippen molar-refractivity contribution in [1.82, 2.24) is 9.80 Å². The highest BCUT2D eigenvalue weighted by atomic mass is 19.1. The molecule has 1 saturated heterocycles. The lowest BCUT2D eigenvalue weighted by molar-refractivity contribution is -0.133. The van der Waals surface area contributed by atoms with Gasteiger partial charge in [0.15, 0.2) is 0 Å². The van der Waals surface area contributed by atoms with Crippen molar-refractivity contribution in [3.8, 4) is 0 Å². The summed E-state index contributed by atoms with van der Waals surface area (Å²) in [5.41, 5.74) is 5.50. The Kier molecular flexibility index (Phi) is 4.28. The molecule has 1 aliphatic rings. The molecule has 4 nitrogen and oxygen atoms in total. The summed E-state index contributed by atoms with van der Waals surface area (Å²) in [5.74, 6) is -0.00935. The Bertz CT molecular complexity index is 190.